The molecule has 2 N–H and O–H groups in total. The summed E-state index contributed by atoms with van der Waals surface area (Å²) >= 11 is 0. The number of hydrogen-bond donors (Lipinski definition) is 2. The number of anilines is 2. The molecule has 1 amide bonds. The summed E-state index contributed by atoms with van der Waals surface area (Å²) in [4.78, 5) is 23.6. The van der Waals surface area contributed by atoms with Crippen LogP contribution in [-0.2, 0) is 6.42 Å². The molecule has 0 aliphatic heterocycles. The Kier molecular flexibility index (Phi) is 6.80. The molecule has 0 aliphatic rings. The van der Waals surface area contributed by atoms with Crippen LogP contribution >= 0.6 is 0 Å². The summed E-state index contributed by atoms with van der Waals surface area (Å²) in [7, 11) is 0. The van der Waals surface area contributed by atoms with Gasteiger partial charge >= 0.3 is 0 Å². The van der Waals surface area contributed by atoms with Crippen molar-refractivity contribution in [3.8, 4) is 0 Å². The zero-order valence-corrected chi connectivity index (χ0v) is 17.1. The number of nitro groups is 1. The third-order valence-corrected chi connectivity index (χ3v) is 4.86. The van der Waals surface area contributed by atoms with E-state index in [1.54, 1.807) is 12.1 Å². The fraction of sp³-hybridized carbons (Fsp3) is 0.208. The Balaban J connectivity index is 1.68. The predicted octanol–water partition coefficient (Wildman–Crippen LogP) is 5.63. The normalized spacial score (nSPS) is 10.6. The molecule has 0 radical (unpaired) electrons. The third kappa shape index (κ3) is 5.44. The van der Waals surface area contributed by atoms with Gasteiger partial charge in [-0.2, -0.15) is 0 Å². The minimum atomic E-state index is -0.473. The van der Waals surface area contributed by atoms with Crippen molar-refractivity contribution in [2.45, 2.75) is 26.2 Å². The molecule has 0 saturated carbocycles. The zero-order valence-electron chi connectivity index (χ0n) is 17.1. The summed E-state index contributed by atoms with van der Waals surface area (Å²) in [5.41, 5.74) is 3.49. The second-order valence-corrected chi connectivity index (χ2v) is 7.38. The average molecular weight is 403 g/mol. The Bertz CT molecular complexity index is 1020. The molecule has 0 heterocycles. The predicted molar refractivity (Wildman–Crippen MR) is 120 cm³/mol. The smallest absolute Gasteiger partial charge is 0.293 e. The summed E-state index contributed by atoms with van der Waals surface area (Å²) in [6.45, 7) is 4.75. The molecule has 0 aromatic heterocycles. The van der Waals surface area contributed by atoms with E-state index in [9.17, 15) is 14.9 Å². The molecule has 0 aliphatic carbocycles. The van der Waals surface area contributed by atoms with Crippen LogP contribution in [0.1, 0.15) is 41.3 Å². The number of nitrogens with one attached hydrogen (secondary N) is 2. The molecule has 3 rings (SSSR count). The van der Waals surface area contributed by atoms with Crippen molar-refractivity contribution in [1.29, 1.82) is 0 Å². The minimum absolute atomic E-state index is 0.120. The summed E-state index contributed by atoms with van der Waals surface area (Å²) in [6.07, 6.45) is 0.743. The second-order valence-electron chi connectivity index (χ2n) is 7.38. The molecule has 30 heavy (non-hydrogen) atoms. The molecule has 0 bridgehead atoms. The first-order valence-corrected chi connectivity index (χ1v) is 9.91. The van der Waals surface area contributed by atoms with E-state index < -0.39 is 4.92 Å². The van der Waals surface area contributed by atoms with Crippen molar-refractivity contribution < 1.29 is 9.72 Å². The molecule has 3 aromatic rings. The summed E-state index contributed by atoms with van der Waals surface area (Å²) in [5.74, 6) is 0.0190. The lowest BCUT2D eigenvalue weighted by Gasteiger charge is -2.10. The van der Waals surface area contributed by atoms with Gasteiger partial charge in [-0.1, -0.05) is 56.3 Å². The van der Waals surface area contributed by atoms with Crippen LogP contribution in [0.15, 0.2) is 72.8 Å². The van der Waals surface area contributed by atoms with Gasteiger partial charge < -0.3 is 10.6 Å². The fourth-order valence-electron chi connectivity index (χ4n) is 3.11. The lowest BCUT2D eigenvalue weighted by Crippen LogP contribution is -2.13. The Hall–Kier alpha value is -3.67. The first-order chi connectivity index (χ1) is 14.4. The van der Waals surface area contributed by atoms with Crippen molar-refractivity contribution in [3.05, 3.63) is 99.6 Å². The van der Waals surface area contributed by atoms with Crippen LogP contribution in [0.3, 0.4) is 0 Å². The lowest BCUT2D eigenvalue weighted by molar-refractivity contribution is -0.384. The van der Waals surface area contributed by atoms with Gasteiger partial charge in [0.2, 0.25) is 0 Å². The zero-order chi connectivity index (χ0) is 21.5. The van der Waals surface area contributed by atoms with Gasteiger partial charge in [-0.05, 0) is 47.7 Å². The largest absolute Gasteiger partial charge is 0.379 e. The SMILES string of the molecule is CC(C)c1ccc(NC(=O)c2ccc(NCCc3ccccc3)c([N+](=O)[O-])c2)cc1. The number of amides is 1. The van der Waals surface area contributed by atoms with E-state index in [4.69, 9.17) is 0 Å². The van der Waals surface area contributed by atoms with Crippen molar-refractivity contribution >= 4 is 23.0 Å². The van der Waals surface area contributed by atoms with E-state index in [-0.39, 0.29) is 17.2 Å². The Morgan fingerprint density at radius 1 is 1.00 bits per heavy atom. The second kappa shape index (κ2) is 9.69. The molecule has 0 atom stereocenters. The standard InChI is InChI=1S/C24H25N3O3/c1-17(2)19-8-11-21(12-9-19)26-24(28)20-10-13-22(23(16-20)27(29)30)25-15-14-18-6-4-3-5-7-18/h3-13,16-17,25H,14-15H2,1-2H3,(H,26,28). The molecule has 6 nitrogen and oxygen atoms in total. The van der Waals surface area contributed by atoms with Crippen molar-refractivity contribution in [1.82, 2.24) is 0 Å². The molecular weight excluding hydrogens is 378 g/mol. The topological polar surface area (TPSA) is 84.3 Å². The van der Waals surface area contributed by atoms with Crippen molar-refractivity contribution in [2.24, 2.45) is 0 Å². The molecule has 0 fully saturated rings. The highest BCUT2D eigenvalue weighted by Crippen LogP contribution is 2.26. The van der Waals surface area contributed by atoms with Gasteiger partial charge in [-0.15, -0.1) is 0 Å². The van der Waals surface area contributed by atoms with Gasteiger partial charge in [0.25, 0.3) is 11.6 Å². The Morgan fingerprint density at radius 2 is 1.70 bits per heavy atom. The van der Waals surface area contributed by atoms with Crippen LogP contribution in [0.2, 0.25) is 0 Å². The first-order valence-electron chi connectivity index (χ1n) is 9.91. The molecule has 0 spiro atoms. The molecular formula is C24H25N3O3. The highest BCUT2D eigenvalue weighted by molar-refractivity contribution is 6.05. The van der Waals surface area contributed by atoms with E-state index in [0.29, 0.717) is 23.8 Å². The Morgan fingerprint density at radius 3 is 2.33 bits per heavy atom. The molecule has 6 heteroatoms. The van der Waals surface area contributed by atoms with Gasteiger partial charge in [-0.25, -0.2) is 0 Å². The van der Waals surface area contributed by atoms with E-state index in [1.807, 2.05) is 54.6 Å². The number of nitrogens with zero attached hydrogens (tertiary/aromatic N) is 1. The van der Waals surface area contributed by atoms with E-state index in [0.717, 1.165) is 12.0 Å². The maximum Gasteiger partial charge on any atom is 0.293 e. The van der Waals surface area contributed by atoms with Crippen molar-refractivity contribution in [3.63, 3.8) is 0 Å². The van der Waals surface area contributed by atoms with E-state index >= 15 is 0 Å². The molecule has 0 saturated heterocycles. The van der Waals surface area contributed by atoms with Crippen LogP contribution in [0.25, 0.3) is 0 Å². The van der Waals surface area contributed by atoms with E-state index in [1.165, 1.54) is 11.6 Å². The average Bonchev–Trinajstić information content (AvgIpc) is 2.75. The lowest BCUT2D eigenvalue weighted by atomic mass is 10.0. The van der Waals surface area contributed by atoms with Crippen LogP contribution in [-0.4, -0.2) is 17.4 Å². The first kappa shape index (κ1) is 21.0. The van der Waals surface area contributed by atoms with E-state index in [2.05, 4.69) is 24.5 Å². The van der Waals surface area contributed by atoms with Gasteiger partial charge in [0.1, 0.15) is 5.69 Å². The van der Waals surface area contributed by atoms with Gasteiger partial charge in [0.05, 0.1) is 4.92 Å². The number of benzene rings is 3. The summed E-state index contributed by atoms with van der Waals surface area (Å²) < 4.78 is 0. The maximum atomic E-state index is 12.6. The highest BCUT2D eigenvalue weighted by atomic mass is 16.6. The number of carbonyl (C=O) groups is 1. The van der Waals surface area contributed by atoms with Crippen LogP contribution < -0.4 is 10.6 Å². The molecule has 3 aromatic carbocycles. The third-order valence-electron chi connectivity index (χ3n) is 4.86. The quantitative estimate of drug-likeness (QED) is 0.377. The van der Waals surface area contributed by atoms with Crippen molar-refractivity contribution in [2.75, 3.05) is 17.2 Å². The Labute approximate surface area is 176 Å². The van der Waals surface area contributed by atoms with Crippen LogP contribution in [0.5, 0.6) is 0 Å². The summed E-state index contributed by atoms with van der Waals surface area (Å²) in [5, 5.41) is 17.4. The maximum absolute atomic E-state index is 12.6. The van der Waals surface area contributed by atoms with Gasteiger partial charge in [0, 0.05) is 23.9 Å². The van der Waals surface area contributed by atoms with Crippen LogP contribution in [0, 0.1) is 10.1 Å². The molecule has 0 unspecified atom stereocenters. The number of rotatable bonds is 8. The van der Waals surface area contributed by atoms with Gasteiger partial charge in [0.15, 0.2) is 0 Å². The fourth-order valence-corrected chi connectivity index (χ4v) is 3.11. The number of carbonyl (C=O) groups excluding carboxylic acids is 1. The summed E-state index contributed by atoms with van der Waals surface area (Å²) in [6, 6.07) is 22.0. The number of hydrogen-bond acceptors (Lipinski definition) is 4. The number of nitro benzene ring substituents is 1. The highest BCUT2D eigenvalue weighted by Gasteiger charge is 2.17. The van der Waals surface area contributed by atoms with Crippen LogP contribution in [0.4, 0.5) is 17.1 Å². The minimum Gasteiger partial charge on any atom is -0.379 e. The molecule has 154 valence electrons. The monoisotopic (exact) mass is 403 g/mol. The van der Waals surface area contributed by atoms with Gasteiger partial charge in [-0.3, -0.25) is 14.9 Å².